The Labute approximate surface area is 165 Å². The fourth-order valence-corrected chi connectivity index (χ4v) is 3.70. The van der Waals surface area contributed by atoms with Crippen LogP contribution in [0.2, 0.25) is 0 Å². The summed E-state index contributed by atoms with van der Waals surface area (Å²) >= 11 is 0. The normalized spacial score (nSPS) is 29.2. The fraction of sp³-hybridized carbons (Fsp3) is 0.350. The van der Waals surface area contributed by atoms with Gasteiger partial charge in [-0.1, -0.05) is 6.07 Å². The molecule has 0 saturated carbocycles. The lowest BCUT2D eigenvalue weighted by atomic mass is 9.91. The number of benzene rings is 2. The Balaban J connectivity index is 1.65. The Bertz CT molecular complexity index is 945. The highest BCUT2D eigenvalue weighted by molar-refractivity contribution is 6.02. The van der Waals surface area contributed by atoms with Crippen molar-refractivity contribution in [2.45, 2.75) is 43.5 Å². The summed E-state index contributed by atoms with van der Waals surface area (Å²) in [4.78, 5) is 12.5. The van der Waals surface area contributed by atoms with Gasteiger partial charge in [-0.3, -0.25) is 4.79 Å². The molecule has 0 spiro atoms. The largest absolute Gasteiger partial charge is 0.508 e. The van der Waals surface area contributed by atoms with Crippen molar-refractivity contribution in [1.29, 1.82) is 0 Å². The molecule has 2 aromatic carbocycles. The van der Waals surface area contributed by atoms with Crippen LogP contribution >= 0.6 is 0 Å². The Hall–Kier alpha value is -2.85. The van der Waals surface area contributed by atoms with Crippen LogP contribution in [0.5, 0.6) is 23.0 Å². The number of Topliss-reactive ketones (excluding diaryl/α,β-unsaturated/α-hetero) is 1. The molecular weight excluding hydrogens is 384 g/mol. The van der Waals surface area contributed by atoms with E-state index in [4.69, 9.17) is 9.47 Å². The molecule has 1 unspecified atom stereocenters. The first-order chi connectivity index (χ1) is 13.7. The summed E-state index contributed by atoms with van der Waals surface area (Å²) < 4.78 is 11.1. The van der Waals surface area contributed by atoms with Crippen molar-refractivity contribution >= 4 is 5.78 Å². The average molecular weight is 404 g/mol. The molecule has 0 aromatic heterocycles. The van der Waals surface area contributed by atoms with Crippen LogP contribution in [0.1, 0.15) is 46.5 Å². The van der Waals surface area contributed by atoms with Gasteiger partial charge in [-0.25, -0.2) is 0 Å². The van der Waals surface area contributed by atoms with Crippen LogP contribution in [-0.4, -0.2) is 54.9 Å². The molecule has 9 nitrogen and oxygen atoms in total. The Kier molecular flexibility index (Phi) is 4.83. The molecule has 0 radical (unpaired) electrons. The van der Waals surface area contributed by atoms with Crippen LogP contribution in [0.3, 0.4) is 0 Å². The second-order valence-corrected chi connectivity index (χ2v) is 7.20. The van der Waals surface area contributed by atoms with Crippen LogP contribution in [0, 0.1) is 0 Å². The predicted molar refractivity (Wildman–Crippen MR) is 96.7 cm³/mol. The Morgan fingerprint density at radius 3 is 2.41 bits per heavy atom. The van der Waals surface area contributed by atoms with Crippen LogP contribution < -0.4 is 4.74 Å². The third-order valence-corrected chi connectivity index (χ3v) is 5.20. The molecule has 6 N–H and O–H groups in total. The molecule has 5 atom stereocenters. The van der Waals surface area contributed by atoms with Crippen LogP contribution in [0.25, 0.3) is 0 Å². The zero-order valence-electron chi connectivity index (χ0n) is 15.1. The van der Waals surface area contributed by atoms with E-state index in [0.29, 0.717) is 5.56 Å². The topological polar surface area (TPSA) is 157 Å². The lowest BCUT2D eigenvalue weighted by Gasteiger charge is -2.35. The molecule has 29 heavy (non-hydrogen) atoms. The quantitative estimate of drug-likeness (QED) is 0.430. The van der Waals surface area contributed by atoms with Gasteiger partial charge in [-0.05, 0) is 17.7 Å². The van der Waals surface area contributed by atoms with Crippen LogP contribution in [0.4, 0.5) is 0 Å². The zero-order valence-corrected chi connectivity index (χ0v) is 15.1. The highest BCUT2D eigenvalue weighted by Crippen LogP contribution is 2.43. The number of fused-ring (bicyclic) bond motifs is 1. The van der Waals surface area contributed by atoms with Crippen molar-refractivity contribution in [3.63, 3.8) is 0 Å². The average Bonchev–Trinajstić information content (AvgIpc) is 2.65. The van der Waals surface area contributed by atoms with Crippen molar-refractivity contribution in [2.75, 3.05) is 0 Å². The van der Waals surface area contributed by atoms with E-state index in [-0.39, 0.29) is 52.7 Å². The first-order valence-electron chi connectivity index (χ1n) is 9.03. The highest BCUT2D eigenvalue weighted by atomic mass is 16.6. The third kappa shape index (κ3) is 3.49. The summed E-state index contributed by atoms with van der Waals surface area (Å²) in [7, 11) is 0. The van der Waals surface area contributed by atoms with E-state index in [1.54, 1.807) is 6.07 Å². The second kappa shape index (κ2) is 7.20. The number of hydrogen-bond acceptors (Lipinski definition) is 9. The van der Waals surface area contributed by atoms with Gasteiger partial charge in [-0.2, -0.15) is 0 Å². The molecule has 2 heterocycles. The summed E-state index contributed by atoms with van der Waals surface area (Å²) in [5, 5.41) is 59.1. The smallest absolute Gasteiger partial charge is 0.184 e. The SMILES string of the molecule is O=C1CC(c2ccc(O)c([C@H]3C[C@@H](O)[C@@H](O)[C@@H](O)O3)c2)Oc2cc(O)cc(O)c21. The zero-order chi connectivity index (χ0) is 20.9. The Morgan fingerprint density at radius 2 is 1.69 bits per heavy atom. The molecule has 1 saturated heterocycles. The minimum atomic E-state index is -1.61. The Morgan fingerprint density at radius 1 is 0.931 bits per heavy atom. The summed E-state index contributed by atoms with van der Waals surface area (Å²) in [6, 6.07) is 6.75. The summed E-state index contributed by atoms with van der Waals surface area (Å²) in [6.45, 7) is 0. The van der Waals surface area contributed by atoms with Gasteiger partial charge in [-0.15, -0.1) is 0 Å². The molecule has 2 aliphatic rings. The van der Waals surface area contributed by atoms with Crippen molar-refractivity contribution in [3.05, 3.63) is 47.0 Å². The molecule has 2 aromatic rings. The summed E-state index contributed by atoms with van der Waals surface area (Å²) in [5.74, 6) is -1.09. The van der Waals surface area contributed by atoms with E-state index in [1.807, 2.05) is 0 Å². The maximum absolute atomic E-state index is 12.5. The lowest BCUT2D eigenvalue weighted by molar-refractivity contribution is -0.249. The van der Waals surface area contributed by atoms with E-state index < -0.39 is 30.7 Å². The van der Waals surface area contributed by atoms with E-state index in [9.17, 15) is 35.4 Å². The van der Waals surface area contributed by atoms with Crippen LogP contribution in [0.15, 0.2) is 30.3 Å². The maximum atomic E-state index is 12.5. The van der Waals surface area contributed by atoms with E-state index in [1.165, 1.54) is 18.2 Å². The number of ketones is 1. The highest BCUT2D eigenvalue weighted by Gasteiger charge is 2.38. The number of phenols is 3. The number of aromatic hydroxyl groups is 3. The maximum Gasteiger partial charge on any atom is 0.184 e. The van der Waals surface area contributed by atoms with E-state index in [0.717, 1.165) is 6.07 Å². The van der Waals surface area contributed by atoms with E-state index >= 15 is 0 Å². The van der Waals surface area contributed by atoms with Gasteiger partial charge in [0.25, 0.3) is 0 Å². The first kappa shape index (κ1) is 19.5. The number of hydrogen-bond donors (Lipinski definition) is 6. The van der Waals surface area contributed by atoms with Crippen molar-refractivity contribution in [1.82, 2.24) is 0 Å². The van der Waals surface area contributed by atoms with Crippen molar-refractivity contribution < 1.29 is 44.9 Å². The minimum Gasteiger partial charge on any atom is -0.508 e. The summed E-state index contributed by atoms with van der Waals surface area (Å²) in [5.41, 5.74) is 0.764. The number of aliphatic hydroxyl groups excluding tert-OH is 3. The molecule has 4 rings (SSSR count). The number of carbonyl (C=O) groups is 1. The molecule has 0 aliphatic carbocycles. The number of aliphatic hydroxyl groups is 3. The molecule has 1 fully saturated rings. The van der Waals surface area contributed by atoms with Gasteiger partial charge >= 0.3 is 0 Å². The van der Waals surface area contributed by atoms with Gasteiger partial charge in [0, 0.05) is 24.1 Å². The standard InChI is InChI=1S/C20H20O9/c21-9-4-12(23)18-13(24)6-15(28-17(18)5-9)8-1-2-11(22)10(3-8)16-7-14(25)19(26)20(27)29-16/h1-5,14-16,19-23,25-27H,6-7H2/t14-,15?,16-,19-,20+/m1/s1. The van der Waals surface area contributed by atoms with Gasteiger partial charge in [0.05, 0.1) is 18.6 Å². The molecule has 0 bridgehead atoms. The molecule has 154 valence electrons. The lowest BCUT2D eigenvalue weighted by Crippen LogP contribution is -2.45. The molecule has 2 aliphatic heterocycles. The monoisotopic (exact) mass is 404 g/mol. The van der Waals surface area contributed by atoms with Crippen molar-refractivity contribution in [3.8, 4) is 23.0 Å². The van der Waals surface area contributed by atoms with Gasteiger partial charge in [0.15, 0.2) is 12.1 Å². The number of carbonyl (C=O) groups excluding carboxylic acids is 1. The third-order valence-electron chi connectivity index (χ3n) is 5.20. The number of ether oxygens (including phenoxy) is 2. The van der Waals surface area contributed by atoms with Gasteiger partial charge < -0.3 is 40.1 Å². The number of rotatable bonds is 2. The number of phenolic OH excluding ortho intramolecular Hbond substituents is 3. The van der Waals surface area contributed by atoms with Gasteiger partial charge in [0.1, 0.15) is 40.8 Å². The van der Waals surface area contributed by atoms with E-state index in [2.05, 4.69) is 0 Å². The van der Waals surface area contributed by atoms with Crippen molar-refractivity contribution in [2.24, 2.45) is 0 Å². The first-order valence-corrected chi connectivity index (χ1v) is 9.03. The predicted octanol–water partition coefficient (Wildman–Crippen LogP) is 1.01. The van der Waals surface area contributed by atoms with Gasteiger partial charge in [0.2, 0.25) is 0 Å². The molecule has 9 heteroatoms. The second-order valence-electron chi connectivity index (χ2n) is 7.20. The summed E-state index contributed by atoms with van der Waals surface area (Å²) in [6.07, 6.45) is -6.07. The minimum absolute atomic E-state index is 0.00565. The molecule has 0 amide bonds. The molecular formula is C20H20O9. The fourth-order valence-electron chi connectivity index (χ4n) is 3.70. The van der Waals surface area contributed by atoms with Crippen LogP contribution in [-0.2, 0) is 4.74 Å².